The van der Waals surface area contributed by atoms with Gasteiger partial charge in [-0.25, -0.2) is 9.67 Å². The van der Waals surface area contributed by atoms with Crippen molar-refractivity contribution in [1.82, 2.24) is 20.1 Å². The van der Waals surface area contributed by atoms with Crippen LogP contribution in [-0.2, 0) is 6.42 Å². The molecule has 0 aromatic carbocycles. The lowest BCUT2D eigenvalue weighted by Crippen LogP contribution is -2.32. The van der Waals surface area contributed by atoms with Gasteiger partial charge in [0.25, 0.3) is 0 Å². The van der Waals surface area contributed by atoms with Crippen LogP contribution in [0.1, 0.15) is 51.9 Å². The first-order valence-electron chi connectivity index (χ1n) is 6.82. The summed E-state index contributed by atoms with van der Waals surface area (Å²) >= 11 is 0. The van der Waals surface area contributed by atoms with Gasteiger partial charge in [0.2, 0.25) is 0 Å². The lowest BCUT2D eigenvalue weighted by molar-refractivity contribution is 0.430. The topological polar surface area (TPSA) is 42.7 Å². The second kappa shape index (κ2) is 5.63. The molecular weight excluding hydrogens is 212 g/mol. The van der Waals surface area contributed by atoms with Gasteiger partial charge in [-0.1, -0.05) is 19.8 Å². The molecule has 1 fully saturated rings. The fourth-order valence-electron chi connectivity index (χ4n) is 2.36. The van der Waals surface area contributed by atoms with E-state index in [2.05, 4.69) is 36.2 Å². The van der Waals surface area contributed by atoms with E-state index in [0.717, 1.165) is 24.7 Å². The summed E-state index contributed by atoms with van der Waals surface area (Å²) in [5, 5.41) is 7.88. The van der Waals surface area contributed by atoms with Crippen LogP contribution in [0.25, 0.3) is 0 Å². The minimum atomic E-state index is 0.399. The molecule has 1 N–H and O–H groups in total. The average molecular weight is 236 g/mol. The number of likely N-dealkylation sites (N-methyl/N-ethyl adjacent to an activating group) is 1. The molecule has 96 valence electrons. The molecule has 0 spiro atoms. The summed E-state index contributed by atoms with van der Waals surface area (Å²) in [6, 6.07) is 0.963. The first kappa shape index (κ1) is 12.6. The molecule has 4 heteroatoms. The van der Waals surface area contributed by atoms with Crippen molar-refractivity contribution in [1.29, 1.82) is 0 Å². The first-order chi connectivity index (χ1) is 8.20. The minimum Gasteiger partial charge on any atom is -0.314 e. The van der Waals surface area contributed by atoms with Crippen LogP contribution in [0, 0.1) is 5.92 Å². The molecule has 17 heavy (non-hydrogen) atoms. The van der Waals surface area contributed by atoms with Gasteiger partial charge in [0, 0.05) is 18.5 Å². The number of hydrogen-bond donors (Lipinski definition) is 1. The maximum atomic E-state index is 4.40. The number of nitrogens with one attached hydrogen (secondary N) is 1. The highest BCUT2D eigenvalue weighted by molar-refractivity contribution is 4.93. The van der Waals surface area contributed by atoms with Gasteiger partial charge >= 0.3 is 0 Å². The van der Waals surface area contributed by atoms with E-state index >= 15 is 0 Å². The summed E-state index contributed by atoms with van der Waals surface area (Å²) in [4.78, 5) is 4.40. The Labute approximate surface area is 104 Å². The van der Waals surface area contributed by atoms with Crippen molar-refractivity contribution in [2.75, 3.05) is 6.54 Å². The third-order valence-electron chi connectivity index (χ3n) is 3.37. The first-order valence-corrected chi connectivity index (χ1v) is 6.82. The van der Waals surface area contributed by atoms with Crippen molar-refractivity contribution < 1.29 is 0 Å². The Morgan fingerprint density at radius 1 is 1.47 bits per heavy atom. The SMILES string of the molecule is CCNC(Cc1ncnn1C(C)C)CC1CC1. The third kappa shape index (κ3) is 3.53. The number of rotatable bonds is 7. The van der Waals surface area contributed by atoms with Gasteiger partial charge in [-0.2, -0.15) is 5.10 Å². The molecule has 1 aromatic rings. The molecule has 1 aliphatic rings. The number of nitrogens with zero attached hydrogens (tertiary/aromatic N) is 3. The molecule has 0 aliphatic heterocycles. The predicted octanol–water partition coefficient (Wildman–Crippen LogP) is 2.18. The Kier molecular flexibility index (Phi) is 4.15. The zero-order valence-electron chi connectivity index (χ0n) is 11.2. The van der Waals surface area contributed by atoms with E-state index < -0.39 is 0 Å². The van der Waals surface area contributed by atoms with E-state index in [0.29, 0.717) is 12.1 Å². The van der Waals surface area contributed by atoms with Crippen LogP contribution >= 0.6 is 0 Å². The predicted molar refractivity (Wildman–Crippen MR) is 68.9 cm³/mol. The monoisotopic (exact) mass is 236 g/mol. The highest BCUT2D eigenvalue weighted by atomic mass is 15.3. The molecule has 1 aromatic heterocycles. The fraction of sp³-hybridized carbons (Fsp3) is 0.846. The van der Waals surface area contributed by atoms with Gasteiger partial charge in [0.1, 0.15) is 12.2 Å². The number of hydrogen-bond acceptors (Lipinski definition) is 3. The Balaban J connectivity index is 1.97. The summed E-state index contributed by atoms with van der Waals surface area (Å²) in [7, 11) is 0. The standard InChI is InChI=1S/C13H24N4/c1-4-14-12(7-11-5-6-11)8-13-15-9-16-17(13)10(2)3/h9-12,14H,4-8H2,1-3H3. The molecule has 2 rings (SSSR count). The quantitative estimate of drug-likeness (QED) is 0.789. The van der Waals surface area contributed by atoms with E-state index in [1.165, 1.54) is 19.3 Å². The Morgan fingerprint density at radius 2 is 2.24 bits per heavy atom. The molecule has 0 radical (unpaired) electrons. The lowest BCUT2D eigenvalue weighted by Gasteiger charge is -2.18. The molecular formula is C13H24N4. The molecule has 1 saturated carbocycles. The summed E-state index contributed by atoms with van der Waals surface area (Å²) in [6.45, 7) is 7.52. The van der Waals surface area contributed by atoms with Crippen molar-refractivity contribution >= 4 is 0 Å². The third-order valence-corrected chi connectivity index (χ3v) is 3.37. The minimum absolute atomic E-state index is 0.399. The molecule has 1 atom stereocenters. The molecule has 1 unspecified atom stereocenters. The largest absolute Gasteiger partial charge is 0.314 e. The normalized spacial score (nSPS) is 17.6. The van der Waals surface area contributed by atoms with E-state index in [1.807, 2.05) is 4.68 Å². The van der Waals surface area contributed by atoms with E-state index in [4.69, 9.17) is 0 Å². The van der Waals surface area contributed by atoms with Gasteiger partial charge in [-0.3, -0.25) is 0 Å². The molecule has 1 aliphatic carbocycles. The Hall–Kier alpha value is -0.900. The molecule has 1 heterocycles. The second-order valence-corrected chi connectivity index (χ2v) is 5.35. The Morgan fingerprint density at radius 3 is 2.82 bits per heavy atom. The average Bonchev–Trinajstić information content (AvgIpc) is 2.95. The molecule has 0 amide bonds. The summed E-state index contributed by atoms with van der Waals surface area (Å²) in [5.41, 5.74) is 0. The van der Waals surface area contributed by atoms with E-state index in [-0.39, 0.29) is 0 Å². The number of aromatic nitrogens is 3. The van der Waals surface area contributed by atoms with Crippen LogP contribution in [0.15, 0.2) is 6.33 Å². The van der Waals surface area contributed by atoms with Gasteiger partial charge in [-0.05, 0) is 32.7 Å². The Bertz CT molecular complexity index is 341. The zero-order valence-corrected chi connectivity index (χ0v) is 11.2. The van der Waals surface area contributed by atoms with Crippen molar-refractivity contribution in [3.63, 3.8) is 0 Å². The van der Waals surface area contributed by atoms with Crippen molar-refractivity contribution in [3.8, 4) is 0 Å². The summed E-state index contributed by atoms with van der Waals surface area (Å²) < 4.78 is 2.04. The van der Waals surface area contributed by atoms with E-state index in [1.54, 1.807) is 6.33 Å². The summed E-state index contributed by atoms with van der Waals surface area (Å²) in [6.07, 6.45) is 6.80. The maximum Gasteiger partial charge on any atom is 0.138 e. The van der Waals surface area contributed by atoms with Crippen molar-refractivity contribution in [2.45, 2.75) is 58.5 Å². The van der Waals surface area contributed by atoms with Gasteiger partial charge in [0.15, 0.2) is 0 Å². The van der Waals surface area contributed by atoms with E-state index in [9.17, 15) is 0 Å². The highest BCUT2D eigenvalue weighted by Gasteiger charge is 2.26. The maximum absolute atomic E-state index is 4.40. The van der Waals surface area contributed by atoms with Gasteiger partial charge < -0.3 is 5.32 Å². The smallest absolute Gasteiger partial charge is 0.138 e. The molecule has 4 nitrogen and oxygen atoms in total. The fourth-order valence-corrected chi connectivity index (χ4v) is 2.36. The van der Waals surface area contributed by atoms with Crippen LogP contribution in [0.2, 0.25) is 0 Å². The van der Waals surface area contributed by atoms with Crippen LogP contribution in [-0.4, -0.2) is 27.4 Å². The van der Waals surface area contributed by atoms with Crippen LogP contribution in [0.5, 0.6) is 0 Å². The van der Waals surface area contributed by atoms with Crippen LogP contribution < -0.4 is 5.32 Å². The van der Waals surface area contributed by atoms with Crippen molar-refractivity contribution in [2.24, 2.45) is 5.92 Å². The molecule has 0 bridgehead atoms. The van der Waals surface area contributed by atoms with Crippen molar-refractivity contribution in [3.05, 3.63) is 12.2 Å². The summed E-state index contributed by atoms with van der Waals surface area (Å²) in [5.74, 6) is 2.07. The van der Waals surface area contributed by atoms with Crippen LogP contribution in [0.3, 0.4) is 0 Å². The van der Waals surface area contributed by atoms with Gasteiger partial charge in [0.05, 0.1) is 0 Å². The zero-order chi connectivity index (χ0) is 12.3. The van der Waals surface area contributed by atoms with Crippen LogP contribution in [0.4, 0.5) is 0 Å². The van der Waals surface area contributed by atoms with Gasteiger partial charge in [-0.15, -0.1) is 0 Å². The molecule has 0 saturated heterocycles. The second-order valence-electron chi connectivity index (χ2n) is 5.35. The lowest BCUT2D eigenvalue weighted by atomic mass is 10.1. The highest BCUT2D eigenvalue weighted by Crippen LogP contribution is 2.34.